The molecule has 2 rings (SSSR count). The fourth-order valence-corrected chi connectivity index (χ4v) is 1.80. The third kappa shape index (κ3) is 2.37. The first kappa shape index (κ1) is 12.6. The van der Waals surface area contributed by atoms with Crippen molar-refractivity contribution in [3.63, 3.8) is 0 Å². The van der Waals surface area contributed by atoms with E-state index in [1.807, 2.05) is 0 Å². The Hall–Kier alpha value is -1.85. The zero-order valence-electron chi connectivity index (χ0n) is 9.61. The van der Waals surface area contributed by atoms with E-state index in [4.69, 9.17) is 21.4 Å². The number of methoxy groups -OCH3 is 1. The van der Waals surface area contributed by atoms with E-state index < -0.39 is 5.97 Å². The number of halogens is 1. The predicted molar refractivity (Wildman–Crippen MR) is 66.7 cm³/mol. The van der Waals surface area contributed by atoms with Crippen LogP contribution in [0.5, 0.6) is 0 Å². The molecule has 1 aromatic heterocycles. The Morgan fingerprint density at radius 3 is 2.67 bits per heavy atom. The molecular weight excluding hydrogens is 256 g/mol. The Kier molecular flexibility index (Phi) is 3.64. The fourth-order valence-electron chi connectivity index (χ4n) is 1.67. The van der Waals surface area contributed by atoms with Gasteiger partial charge in [0, 0.05) is 23.3 Å². The number of ether oxygens (including phenoxy) is 1. The number of nitrogens with zero attached hydrogens (tertiary/aromatic N) is 1. The molecule has 6 heteroatoms. The number of hydrogen-bond acceptors (Lipinski definition) is 3. The van der Waals surface area contributed by atoms with Crippen molar-refractivity contribution < 1.29 is 14.6 Å². The van der Waals surface area contributed by atoms with Crippen molar-refractivity contribution in [2.45, 2.75) is 6.61 Å². The van der Waals surface area contributed by atoms with Crippen molar-refractivity contribution in [2.24, 2.45) is 0 Å². The molecule has 0 amide bonds. The molecule has 2 aromatic rings. The molecule has 0 saturated carbocycles. The Labute approximate surface area is 108 Å². The lowest BCUT2D eigenvalue weighted by molar-refractivity contribution is 0.0685. The number of rotatable bonds is 4. The Bertz CT molecular complexity index is 563. The highest BCUT2D eigenvalue weighted by molar-refractivity contribution is 6.30. The van der Waals surface area contributed by atoms with Crippen molar-refractivity contribution in [3.8, 4) is 11.3 Å². The maximum Gasteiger partial charge on any atom is 0.354 e. The second kappa shape index (κ2) is 5.20. The fraction of sp³-hybridized carbons (Fsp3) is 0.167. The molecule has 0 aliphatic carbocycles. The van der Waals surface area contributed by atoms with Crippen LogP contribution in [0.2, 0.25) is 5.02 Å². The molecule has 0 bridgehead atoms. The summed E-state index contributed by atoms with van der Waals surface area (Å²) in [6, 6.07) is 7.01. The molecule has 0 aliphatic rings. The molecule has 0 atom stereocenters. The summed E-state index contributed by atoms with van der Waals surface area (Å²) < 4.78 is 5.01. The van der Waals surface area contributed by atoms with Crippen LogP contribution in [0.4, 0.5) is 0 Å². The molecule has 18 heavy (non-hydrogen) atoms. The summed E-state index contributed by atoms with van der Waals surface area (Å²) >= 11 is 5.81. The minimum Gasteiger partial charge on any atom is -0.477 e. The average Bonchev–Trinajstić information content (AvgIpc) is 2.74. The van der Waals surface area contributed by atoms with E-state index in [2.05, 4.69) is 10.2 Å². The number of benzene rings is 1. The van der Waals surface area contributed by atoms with Gasteiger partial charge in [0.2, 0.25) is 0 Å². The zero-order valence-corrected chi connectivity index (χ0v) is 10.4. The minimum atomic E-state index is -1.06. The molecule has 0 spiro atoms. The van der Waals surface area contributed by atoms with Crippen LogP contribution in [0.3, 0.4) is 0 Å². The normalized spacial score (nSPS) is 10.6. The second-order valence-corrected chi connectivity index (χ2v) is 4.11. The number of aromatic carboxylic acids is 1. The second-order valence-electron chi connectivity index (χ2n) is 3.67. The van der Waals surface area contributed by atoms with E-state index >= 15 is 0 Å². The zero-order chi connectivity index (χ0) is 13.1. The third-order valence-electron chi connectivity index (χ3n) is 2.49. The van der Waals surface area contributed by atoms with Gasteiger partial charge in [-0.15, -0.1) is 0 Å². The van der Waals surface area contributed by atoms with Crippen LogP contribution in [0.15, 0.2) is 24.3 Å². The molecule has 0 saturated heterocycles. The first-order valence-corrected chi connectivity index (χ1v) is 5.56. The predicted octanol–water partition coefficient (Wildman–Crippen LogP) is 2.57. The van der Waals surface area contributed by atoms with Gasteiger partial charge in [-0.2, -0.15) is 5.10 Å². The van der Waals surface area contributed by atoms with Gasteiger partial charge in [0.25, 0.3) is 0 Å². The van der Waals surface area contributed by atoms with Crippen molar-refractivity contribution in [3.05, 3.63) is 40.5 Å². The summed E-state index contributed by atoms with van der Waals surface area (Å²) in [4.78, 5) is 11.0. The van der Waals surface area contributed by atoms with Gasteiger partial charge >= 0.3 is 5.97 Å². The molecule has 5 nitrogen and oxygen atoms in total. The van der Waals surface area contributed by atoms with Gasteiger partial charge in [-0.1, -0.05) is 23.7 Å². The molecule has 0 radical (unpaired) electrons. The largest absolute Gasteiger partial charge is 0.477 e. The summed E-state index contributed by atoms with van der Waals surface area (Å²) in [6.45, 7) is 0.177. The van der Waals surface area contributed by atoms with Crippen molar-refractivity contribution in [1.82, 2.24) is 10.2 Å². The molecule has 1 aromatic carbocycles. The smallest absolute Gasteiger partial charge is 0.354 e. The average molecular weight is 267 g/mol. The molecule has 0 unspecified atom stereocenters. The number of H-pyrrole nitrogens is 1. The van der Waals surface area contributed by atoms with Crippen molar-refractivity contribution in [1.29, 1.82) is 0 Å². The molecule has 0 fully saturated rings. The van der Waals surface area contributed by atoms with Crippen LogP contribution in [0, 0.1) is 0 Å². The van der Waals surface area contributed by atoms with Crippen LogP contribution >= 0.6 is 11.6 Å². The number of aromatic nitrogens is 2. The number of hydrogen-bond donors (Lipinski definition) is 2. The summed E-state index contributed by atoms with van der Waals surface area (Å²) in [7, 11) is 1.50. The lowest BCUT2D eigenvalue weighted by Crippen LogP contribution is -2.02. The van der Waals surface area contributed by atoms with Crippen LogP contribution in [-0.4, -0.2) is 28.4 Å². The van der Waals surface area contributed by atoms with E-state index in [-0.39, 0.29) is 12.3 Å². The van der Waals surface area contributed by atoms with Crippen LogP contribution in [0.1, 0.15) is 16.1 Å². The van der Waals surface area contributed by atoms with Crippen molar-refractivity contribution >= 4 is 17.6 Å². The van der Waals surface area contributed by atoms with E-state index in [1.165, 1.54) is 7.11 Å². The number of aromatic amines is 1. The standard InChI is InChI=1S/C12H11ClN2O3/c1-18-6-9-10(14-15-11(9)12(16)17)7-2-4-8(13)5-3-7/h2-5H,6H2,1H3,(H,14,15)(H,16,17). The van der Waals surface area contributed by atoms with E-state index in [9.17, 15) is 4.79 Å². The Morgan fingerprint density at radius 2 is 2.11 bits per heavy atom. The lowest BCUT2D eigenvalue weighted by atomic mass is 10.1. The van der Waals surface area contributed by atoms with Gasteiger partial charge in [0.15, 0.2) is 0 Å². The number of carboxylic acids is 1. The minimum absolute atomic E-state index is 0.0433. The highest BCUT2D eigenvalue weighted by atomic mass is 35.5. The van der Waals surface area contributed by atoms with Gasteiger partial charge in [0.05, 0.1) is 12.3 Å². The first-order valence-electron chi connectivity index (χ1n) is 5.19. The van der Waals surface area contributed by atoms with Gasteiger partial charge in [0.1, 0.15) is 5.69 Å². The first-order chi connectivity index (χ1) is 8.63. The molecule has 2 N–H and O–H groups in total. The summed E-state index contributed by atoms with van der Waals surface area (Å²) in [5, 5.41) is 16.2. The number of carbonyl (C=O) groups is 1. The highest BCUT2D eigenvalue weighted by Gasteiger charge is 2.19. The lowest BCUT2D eigenvalue weighted by Gasteiger charge is -2.03. The van der Waals surface area contributed by atoms with E-state index in [0.29, 0.717) is 16.3 Å². The van der Waals surface area contributed by atoms with Crippen LogP contribution < -0.4 is 0 Å². The maximum atomic E-state index is 11.0. The molecule has 1 heterocycles. The van der Waals surface area contributed by atoms with E-state index in [1.54, 1.807) is 24.3 Å². The number of nitrogens with one attached hydrogen (secondary N) is 1. The molecule has 94 valence electrons. The van der Waals surface area contributed by atoms with Gasteiger partial charge < -0.3 is 9.84 Å². The Balaban J connectivity index is 2.50. The highest BCUT2D eigenvalue weighted by Crippen LogP contribution is 2.25. The van der Waals surface area contributed by atoms with Crippen LogP contribution in [0.25, 0.3) is 11.3 Å². The SMILES string of the molecule is COCc1c(-c2ccc(Cl)cc2)n[nH]c1C(=O)O. The van der Waals surface area contributed by atoms with Gasteiger partial charge in [-0.25, -0.2) is 4.79 Å². The maximum absolute atomic E-state index is 11.0. The topological polar surface area (TPSA) is 75.2 Å². The van der Waals surface area contributed by atoms with E-state index in [0.717, 1.165) is 5.56 Å². The molecule has 0 aliphatic heterocycles. The van der Waals surface area contributed by atoms with Crippen LogP contribution in [-0.2, 0) is 11.3 Å². The molecular formula is C12H11ClN2O3. The summed E-state index contributed by atoms with van der Waals surface area (Å²) in [6.07, 6.45) is 0. The number of carboxylic acid groups (broad SMARTS) is 1. The quantitative estimate of drug-likeness (QED) is 0.892. The monoisotopic (exact) mass is 266 g/mol. The van der Waals surface area contributed by atoms with Gasteiger partial charge in [-0.3, -0.25) is 5.10 Å². The summed E-state index contributed by atoms with van der Waals surface area (Å²) in [5.41, 5.74) is 1.91. The summed E-state index contributed by atoms with van der Waals surface area (Å²) in [5.74, 6) is -1.06. The Morgan fingerprint density at radius 1 is 1.44 bits per heavy atom. The third-order valence-corrected chi connectivity index (χ3v) is 2.74. The van der Waals surface area contributed by atoms with Gasteiger partial charge in [-0.05, 0) is 12.1 Å². The van der Waals surface area contributed by atoms with Crippen molar-refractivity contribution in [2.75, 3.05) is 7.11 Å².